The van der Waals surface area contributed by atoms with Gasteiger partial charge in [-0.1, -0.05) is 32.1 Å². The van der Waals surface area contributed by atoms with Gasteiger partial charge in [0.2, 0.25) is 0 Å². The number of methoxy groups -OCH3 is 1. The van der Waals surface area contributed by atoms with Gasteiger partial charge >= 0.3 is 5.97 Å². The van der Waals surface area contributed by atoms with Crippen LogP contribution in [0.5, 0.6) is 11.5 Å². The number of ether oxygens (including phenoxy) is 2. The molecule has 1 aromatic rings. The van der Waals surface area contributed by atoms with Crippen molar-refractivity contribution in [2.24, 2.45) is 5.41 Å². The van der Waals surface area contributed by atoms with Crippen LogP contribution in [0.4, 0.5) is 0 Å². The van der Waals surface area contributed by atoms with Crippen LogP contribution in [-0.4, -0.2) is 24.8 Å². The molecule has 4 heteroatoms. The summed E-state index contributed by atoms with van der Waals surface area (Å²) < 4.78 is 11.2. The Labute approximate surface area is 136 Å². The van der Waals surface area contributed by atoms with E-state index in [4.69, 9.17) is 14.6 Å². The molecule has 122 valence electrons. The van der Waals surface area contributed by atoms with E-state index >= 15 is 0 Å². The van der Waals surface area contributed by atoms with Crippen LogP contribution in [0.25, 0.3) is 5.57 Å². The molecule has 0 saturated carbocycles. The summed E-state index contributed by atoms with van der Waals surface area (Å²) in [4.78, 5) is 10.7. The molecule has 0 atom stereocenters. The summed E-state index contributed by atoms with van der Waals surface area (Å²) in [6.45, 7) is 6.54. The summed E-state index contributed by atoms with van der Waals surface area (Å²) in [5.74, 6) is 0.601. The molecule has 0 bridgehead atoms. The summed E-state index contributed by atoms with van der Waals surface area (Å²) in [5, 5.41) is 8.81. The average Bonchev–Trinajstić information content (AvgIpc) is 2.60. The zero-order valence-corrected chi connectivity index (χ0v) is 13.9. The molecule has 4 nitrogen and oxygen atoms in total. The number of carboxylic acid groups (broad SMARTS) is 1. The van der Waals surface area contributed by atoms with E-state index in [-0.39, 0.29) is 5.41 Å². The molecule has 1 N–H and O–H groups in total. The normalized spacial score (nSPS) is 17.0. The summed E-state index contributed by atoms with van der Waals surface area (Å²) in [6.07, 6.45) is 7.04. The average molecular weight is 314 g/mol. The highest BCUT2D eigenvalue weighted by atomic mass is 16.5. The number of aliphatic carboxylic acids is 1. The second-order valence-corrected chi connectivity index (χ2v) is 6.30. The van der Waals surface area contributed by atoms with Crippen molar-refractivity contribution < 1.29 is 19.4 Å². The molecule has 1 heterocycles. The van der Waals surface area contributed by atoms with E-state index in [9.17, 15) is 4.79 Å². The molecule has 23 heavy (non-hydrogen) atoms. The quantitative estimate of drug-likeness (QED) is 0.672. The number of hydrogen-bond donors (Lipinski definition) is 1. The van der Waals surface area contributed by atoms with Crippen LogP contribution >= 0.6 is 0 Å². The lowest BCUT2D eigenvalue weighted by molar-refractivity contribution is -0.131. The number of fused-ring (bicyclic) bond motifs is 1. The van der Waals surface area contributed by atoms with Gasteiger partial charge in [0, 0.05) is 17.1 Å². The Morgan fingerprint density at radius 2 is 2.13 bits per heavy atom. The number of hydrogen-bond acceptors (Lipinski definition) is 3. The molecule has 0 fully saturated rings. The Hall–Kier alpha value is -2.49. The highest BCUT2D eigenvalue weighted by Crippen LogP contribution is 2.37. The monoisotopic (exact) mass is 314 g/mol. The van der Waals surface area contributed by atoms with Crippen molar-refractivity contribution >= 4 is 11.5 Å². The van der Waals surface area contributed by atoms with E-state index in [0.29, 0.717) is 12.2 Å². The molecular weight excluding hydrogens is 292 g/mol. The first-order valence-corrected chi connectivity index (χ1v) is 7.44. The van der Waals surface area contributed by atoms with Crippen LogP contribution in [0, 0.1) is 5.41 Å². The predicted molar refractivity (Wildman–Crippen MR) is 90.8 cm³/mol. The largest absolute Gasteiger partial charge is 0.497 e. The van der Waals surface area contributed by atoms with Crippen molar-refractivity contribution in [3.05, 3.63) is 53.6 Å². The Kier molecular flexibility index (Phi) is 4.94. The second kappa shape index (κ2) is 6.73. The van der Waals surface area contributed by atoms with Crippen molar-refractivity contribution in [1.29, 1.82) is 0 Å². The smallest absolute Gasteiger partial charge is 0.328 e. The Bertz CT molecular complexity index is 693. The van der Waals surface area contributed by atoms with Crippen molar-refractivity contribution in [1.82, 2.24) is 0 Å². The van der Waals surface area contributed by atoms with E-state index in [1.165, 1.54) is 6.08 Å². The molecule has 1 aliphatic heterocycles. The topological polar surface area (TPSA) is 55.8 Å². The third-order valence-electron chi connectivity index (χ3n) is 3.52. The van der Waals surface area contributed by atoms with Gasteiger partial charge in [0.15, 0.2) is 0 Å². The van der Waals surface area contributed by atoms with Crippen molar-refractivity contribution in [3.8, 4) is 11.5 Å². The van der Waals surface area contributed by atoms with Gasteiger partial charge in [0.25, 0.3) is 0 Å². The van der Waals surface area contributed by atoms with Crippen LogP contribution in [0.15, 0.2) is 48.1 Å². The fraction of sp³-hybridized carbons (Fsp3) is 0.316. The molecule has 0 radical (unpaired) electrons. The maximum absolute atomic E-state index is 10.7. The number of rotatable bonds is 4. The van der Waals surface area contributed by atoms with Gasteiger partial charge in [-0.25, -0.2) is 4.79 Å². The zero-order chi connectivity index (χ0) is 17.0. The number of carboxylic acids is 1. The standard InChI is InChI=1S/C19H22O4/c1-13(9-18(20)21)5-6-14-11-19(2,3)12-23-17-8-7-15(22-4)10-16(14)17/h5-11H,12H2,1-4H3,(H,20,21)/b6-5+,13-9-. The first kappa shape index (κ1) is 16.9. The van der Waals surface area contributed by atoms with Gasteiger partial charge in [-0.3, -0.25) is 0 Å². The second-order valence-electron chi connectivity index (χ2n) is 6.30. The Morgan fingerprint density at radius 1 is 1.39 bits per heavy atom. The highest BCUT2D eigenvalue weighted by Gasteiger charge is 2.23. The molecule has 1 aromatic carbocycles. The predicted octanol–water partition coefficient (Wildman–Crippen LogP) is 4.08. The SMILES string of the molecule is COc1ccc2c(c1)C(/C=C/C(C)=C\C(=O)O)=CC(C)(C)CO2. The molecule has 0 unspecified atom stereocenters. The minimum absolute atomic E-state index is 0.129. The van der Waals surface area contributed by atoms with Crippen LogP contribution in [0.2, 0.25) is 0 Å². The van der Waals surface area contributed by atoms with Crippen molar-refractivity contribution in [2.45, 2.75) is 20.8 Å². The summed E-state index contributed by atoms with van der Waals surface area (Å²) in [6, 6.07) is 5.70. The van der Waals surface area contributed by atoms with Crippen LogP contribution in [0.3, 0.4) is 0 Å². The highest BCUT2D eigenvalue weighted by molar-refractivity contribution is 5.83. The van der Waals surface area contributed by atoms with Crippen LogP contribution in [0.1, 0.15) is 26.3 Å². The number of benzene rings is 1. The van der Waals surface area contributed by atoms with Crippen LogP contribution in [-0.2, 0) is 4.79 Å². The first-order valence-electron chi connectivity index (χ1n) is 7.44. The molecule has 1 aliphatic rings. The van der Waals surface area contributed by atoms with E-state index in [1.54, 1.807) is 20.1 Å². The molecule has 0 aromatic heterocycles. The third kappa shape index (κ3) is 4.49. The van der Waals surface area contributed by atoms with Gasteiger partial charge in [0.1, 0.15) is 11.5 Å². The van der Waals surface area contributed by atoms with Gasteiger partial charge in [0.05, 0.1) is 13.7 Å². The Morgan fingerprint density at radius 3 is 2.78 bits per heavy atom. The number of allylic oxidation sites excluding steroid dienone is 4. The van der Waals surface area contributed by atoms with Crippen molar-refractivity contribution in [3.63, 3.8) is 0 Å². The fourth-order valence-electron chi connectivity index (χ4n) is 2.39. The molecule has 0 saturated heterocycles. The lowest BCUT2D eigenvalue weighted by atomic mass is 9.90. The minimum Gasteiger partial charge on any atom is -0.497 e. The maximum atomic E-state index is 10.7. The molecule has 0 spiro atoms. The van der Waals surface area contributed by atoms with E-state index in [0.717, 1.165) is 22.6 Å². The minimum atomic E-state index is -0.951. The molecule has 0 amide bonds. The summed E-state index contributed by atoms with van der Waals surface area (Å²) in [5.41, 5.74) is 2.47. The van der Waals surface area contributed by atoms with E-state index in [1.807, 2.05) is 24.3 Å². The van der Waals surface area contributed by atoms with Gasteiger partial charge in [-0.05, 0) is 36.3 Å². The van der Waals surface area contributed by atoms with Gasteiger partial charge in [-0.15, -0.1) is 0 Å². The lowest BCUT2D eigenvalue weighted by Crippen LogP contribution is -2.17. The Balaban J connectivity index is 2.48. The van der Waals surface area contributed by atoms with Gasteiger partial charge < -0.3 is 14.6 Å². The van der Waals surface area contributed by atoms with Gasteiger partial charge in [-0.2, -0.15) is 0 Å². The van der Waals surface area contributed by atoms with E-state index < -0.39 is 5.97 Å². The molecule has 2 rings (SSSR count). The van der Waals surface area contributed by atoms with E-state index in [2.05, 4.69) is 19.9 Å². The maximum Gasteiger partial charge on any atom is 0.328 e. The zero-order valence-electron chi connectivity index (χ0n) is 13.9. The first-order chi connectivity index (χ1) is 10.8. The summed E-state index contributed by atoms with van der Waals surface area (Å²) >= 11 is 0. The lowest BCUT2D eigenvalue weighted by Gasteiger charge is -2.18. The molecule has 0 aliphatic carbocycles. The molecular formula is C19H22O4. The fourth-order valence-corrected chi connectivity index (χ4v) is 2.39. The summed E-state index contributed by atoms with van der Waals surface area (Å²) in [7, 11) is 1.63. The third-order valence-corrected chi connectivity index (χ3v) is 3.52. The van der Waals surface area contributed by atoms with Crippen LogP contribution < -0.4 is 9.47 Å². The number of carbonyl (C=O) groups is 1. The van der Waals surface area contributed by atoms with Crippen molar-refractivity contribution in [2.75, 3.05) is 13.7 Å².